The summed E-state index contributed by atoms with van der Waals surface area (Å²) in [6.07, 6.45) is 4.40. The second-order valence-electron chi connectivity index (χ2n) is 5.50. The summed E-state index contributed by atoms with van der Waals surface area (Å²) in [6.45, 7) is 2.78. The number of rotatable bonds is 7. The first-order valence-electron chi connectivity index (χ1n) is 7.26. The van der Waals surface area contributed by atoms with E-state index < -0.39 is 0 Å². The Kier molecular flexibility index (Phi) is 5.40. The molecule has 0 saturated heterocycles. The number of nitrogens with one attached hydrogen (secondary N) is 1. The van der Waals surface area contributed by atoms with Crippen molar-refractivity contribution in [1.29, 1.82) is 0 Å². The van der Waals surface area contributed by atoms with Crippen molar-refractivity contribution in [1.82, 2.24) is 10.2 Å². The Balaban J connectivity index is 1.56. The van der Waals surface area contributed by atoms with Crippen LogP contribution in [0.25, 0.3) is 0 Å². The van der Waals surface area contributed by atoms with Crippen LogP contribution in [-0.2, 0) is 11.3 Å². The highest BCUT2D eigenvalue weighted by atomic mass is 16.1. The van der Waals surface area contributed by atoms with Gasteiger partial charge in [0.15, 0.2) is 0 Å². The van der Waals surface area contributed by atoms with E-state index in [4.69, 9.17) is 0 Å². The van der Waals surface area contributed by atoms with E-state index in [0.717, 1.165) is 38.9 Å². The molecule has 1 aliphatic carbocycles. The van der Waals surface area contributed by atoms with Crippen LogP contribution in [0.5, 0.6) is 0 Å². The Morgan fingerprint density at radius 1 is 1.32 bits per heavy atom. The zero-order valence-electron chi connectivity index (χ0n) is 11.8. The monoisotopic (exact) mass is 260 g/mol. The fraction of sp³-hybridized carbons (Fsp3) is 0.562. The lowest BCUT2D eigenvalue weighted by atomic mass is 9.85. The van der Waals surface area contributed by atoms with Gasteiger partial charge in [0.1, 0.15) is 0 Å². The average molecular weight is 260 g/mol. The van der Waals surface area contributed by atoms with E-state index in [1.54, 1.807) is 0 Å². The molecule has 1 aliphatic rings. The molecule has 1 N–H and O–H groups in total. The van der Waals surface area contributed by atoms with E-state index in [1.165, 1.54) is 12.0 Å². The van der Waals surface area contributed by atoms with Crippen LogP contribution in [0.2, 0.25) is 0 Å². The van der Waals surface area contributed by atoms with Crippen LogP contribution >= 0.6 is 0 Å². The third-order valence-corrected chi connectivity index (χ3v) is 3.79. The molecule has 3 heteroatoms. The molecular weight excluding hydrogens is 236 g/mol. The van der Waals surface area contributed by atoms with E-state index in [2.05, 4.69) is 41.5 Å². The van der Waals surface area contributed by atoms with Gasteiger partial charge in [0.2, 0.25) is 5.91 Å². The molecule has 1 aromatic rings. The average Bonchev–Trinajstić information content (AvgIpc) is 2.34. The highest BCUT2D eigenvalue weighted by molar-refractivity contribution is 5.79. The highest BCUT2D eigenvalue weighted by Gasteiger charge is 2.24. The van der Waals surface area contributed by atoms with Crippen molar-refractivity contribution in [3.05, 3.63) is 35.9 Å². The first kappa shape index (κ1) is 14.1. The number of hydrogen-bond donors (Lipinski definition) is 1. The van der Waals surface area contributed by atoms with Gasteiger partial charge < -0.3 is 10.2 Å². The van der Waals surface area contributed by atoms with Gasteiger partial charge in [-0.3, -0.25) is 4.79 Å². The summed E-state index contributed by atoms with van der Waals surface area (Å²) in [6, 6.07) is 10.5. The Morgan fingerprint density at radius 3 is 2.68 bits per heavy atom. The summed E-state index contributed by atoms with van der Waals surface area (Å²) in [7, 11) is 2.13. The van der Waals surface area contributed by atoms with Crippen molar-refractivity contribution in [2.24, 2.45) is 5.92 Å². The maximum atomic E-state index is 11.6. The molecule has 0 radical (unpaired) electrons. The first-order chi connectivity index (χ1) is 9.25. The number of hydrogen-bond acceptors (Lipinski definition) is 2. The number of benzene rings is 1. The quantitative estimate of drug-likeness (QED) is 0.764. The van der Waals surface area contributed by atoms with Gasteiger partial charge in [0, 0.05) is 19.0 Å². The summed E-state index contributed by atoms with van der Waals surface area (Å²) >= 11 is 0. The Hall–Kier alpha value is -1.35. The maximum Gasteiger partial charge on any atom is 0.223 e. The molecule has 0 unspecified atom stereocenters. The van der Waals surface area contributed by atoms with Crippen LogP contribution < -0.4 is 5.32 Å². The van der Waals surface area contributed by atoms with E-state index in [-0.39, 0.29) is 5.91 Å². The summed E-state index contributed by atoms with van der Waals surface area (Å²) in [4.78, 5) is 13.9. The fourth-order valence-electron chi connectivity index (χ4n) is 2.35. The summed E-state index contributed by atoms with van der Waals surface area (Å²) in [5, 5.41) is 3.04. The lowest BCUT2D eigenvalue weighted by Crippen LogP contribution is -2.35. The lowest BCUT2D eigenvalue weighted by Gasteiger charge is -2.24. The molecule has 0 aromatic heterocycles. The molecule has 1 amide bonds. The SMILES string of the molecule is CN(CCCNC(=O)C1CCC1)Cc1ccccc1. The normalized spacial score (nSPS) is 15.3. The number of nitrogens with zero attached hydrogens (tertiary/aromatic N) is 1. The Morgan fingerprint density at radius 2 is 2.05 bits per heavy atom. The minimum atomic E-state index is 0.261. The standard InChI is InChI=1S/C16H24N2O/c1-18(13-14-7-3-2-4-8-14)12-6-11-17-16(19)15-9-5-10-15/h2-4,7-8,15H,5-6,9-13H2,1H3,(H,17,19). The second-order valence-corrected chi connectivity index (χ2v) is 5.50. The molecule has 0 heterocycles. The molecular formula is C16H24N2O. The Bertz CT molecular complexity index is 387. The molecule has 0 atom stereocenters. The van der Waals surface area contributed by atoms with Crippen LogP contribution in [0.1, 0.15) is 31.2 Å². The number of amides is 1. The van der Waals surface area contributed by atoms with Crippen molar-refractivity contribution < 1.29 is 4.79 Å². The van der Waals surface area contributed by atoms with E-state index >= 15 is 0 Å². The molecule has 2 rings (SSSR count). The van der Waals surface area contributed by atoms with Gasteiger partial charge in [-0.15, -0.1) is 0 Å². The lowest BCUT2D eigenvalue weighted by molar-refractivity contribution is -0.127. The fourth-order valence-corrected chi connectivity index (χ4v) is 2.35. The molecule has 1 saturated carbocycles. The van der Waals surface area contributed by atoms with Crippen LogP contribution in [0.15, 0.2) is 30.3 Å². The minimum absolute atomic E-state index is 0.261. The van der Waals surface area contributed by atoms with Crippen LogP contribution in [0, 0.1) is 5.92 Å². The van der Waals surface area contributed by atoms with E-state index in [1.807, 2.05) is 6.07 Å². The number of carbonyl (C=O) groups is 1. The van der Waals surface area contributed by atoms with Gasteiger partial charge in [0.05, 0.1) is 0 Å². The van der Waals surface area contributed by atoms with Crippen LogP contribution in [0.4, 0.5) is 0 Å². The molecule has 0 spiro atoms. The van der Waals surface area contributed by atoms with Crippen molar-refractivity contribution in [2.75, 3.05) is 20.1 Å². The molecule has 0 aliphatic heterocycles. The topological polar surface area (TPSA) is 32.3 Å². The number of carbonyl (C=O) groups excluding carboxylic acids is 1. The molecule has 1 fully saturated rings. The largest absolute Gasteiger partial charge is 0.356 e. The van der Waals surface area contributed by atoms with Gasteiger partial charge >= 0.3 is 0 Å². The van der Waals surface area contributed by atoms with Crippen molar-refractivity contribution >= 4 is 5.91 Å². The summed E-state index contributed by atoms with van der Waals surface area (Å²) < 4.78 is 0. The van der Waals surface area contributed by atoms with E-state index in [0.29, 0.717) is 5.92 Å². The van der Waals surface area contributed by atoms with Crippen molar-refractivity contribution in [2.45, 2.75) is 32.2 Å². The predicted octanol–water partition coefficient (Wildman–Crippen LogP) is 2.42. The Labute approximate surface area is 116 Å². The molecule has 3 nitrogen and oxygen atoms in total. The van der Waals surface area contributed by atoms with Gasteiger partial charge in [-0.25, -0.2) is 0 Å². The predicted molar refractivity (Wildman–Crippen MR) is 77.7 cm³/mol. The van der Waals surface area contributed by atoms with Gasteiger partial charge in [0.25, 0.3) is 0 Å². The first-order valence-corrected chi connectivity index (χ1v) is 7.26. The molecule has 104 valence electrons. The zero-order chi connectivity index (χ0) is 13.5. The minimum Gasteiger partial charge on any atom is -0.356 e. The third kappa shape index (κ3) is 4.67. The zero-order valence-corrected chi connectivity index (χ0v) is 11.8. The van der Waals surface area contributed by atoms with Gasteiger partial charge in [-0.2, -0.15) is 0 Å². The molecule has 0 bridgehead atoms. The van der Waals surface area contributed by atoms with Crippen molar-refractivity contribution in [3.63, 3.8) is 0 Å². The third-order valence-electron chi connectivity index (χ3n) is 3.79. The van der Waals surface area contributed by atoms with E-state index in [9.17, 15) is 4.79 Å². The second kappa shape index (κ2) is 7.29. The smallest absolute Gasteiger partial charge is 0.223 e. The van der Waals surface area contributed by atoms with Gasteiger partial charge in [-0.05, 0) is 38.4 Å². The molecule has 19 heavy (non-hydrogen) atoms. The summed E-state index contributed by atoms with van der Waals surface area (Å²) in [5.41, 5.74) is 1.34. The van der Waals surface area contributed by atoms with Gasteiger partial charge in [-0.1, -0.05) is 36.8 Å². The van der Waals surface area contributed by atoms with Crippen molar-refractivity contribution in [3.8, 4) is 0 Å². The van der Waals surface area contributed by atoms with Crippen LogP contribution in [0.3, 0.4) is 0 Å². The van der Waals surface area contributed by atoms with Crippen LogP contribution in [-0.4, -0.2) is 30.9 Å². The highest BCUT2D eigenvalue weighted by Crippen LogP contribution is 2.25. The maximum absolute atomic E-state index is 11.6. The molecule has 1 aromatic carbocycles. The summed E-state index contributed by atoms with van der Waals surface area (Å²) in [5.74, 6) is 0.569.